The smallest absolute Gasteiger partial charge is 0.408 e. The van der Waals surface area contributed by atoms with Gasteiger partial charge in [-0.05, 0) is 26.3 Å². The maximum atomic E-state index is 12.0. The van der Waals surface area contributed by atoms with Gasteiger partial charge in [-0.1, -0.05) is 36.4 Å². The molecule has 0 aromatic heterocycles. The Morgan fingerprint density at radius 1 is 1.29 bits per heavy atom. The summed E-state index contributed by atoms with van der Waals surface area (Å²) in [5.41, 5.74) is 0.195. The molecule has 0 spiro atoms. The van der Waals surface area contributed by atoms with Crippen molar-refractivity contribution in [1.29, 1.82) is 0 Å². The van der Waals surface area contributed by atoms with Gasteiger partial charge in [0, 0.05) is 0 Å². The summed E-state index contributed by atoms with van der Waals surface area (Å²) in [6.45, 7) is 9.06. The molecule has 6 heteroatoms. The van der Waals surface area contributed by atoms with E-state index in [1.54, 1.807) is 26.8 Å². The van der Waals surface area contributed by atoms with Crippen LogP contribution in [0, 0.1) is 0 Å². The molecule has 0 fully saturated rings. The highest BCUT2D eigenvalue weighted by atomic mass is 16.6. The molecule has 0 saturated heterocycles. The SMILES string of the molecule is C=CC(C)(C)O[C@H](C)[C@H](NC(=O)OCc1ccccc1)C(=O)OC. The fraction of sp³-hybridized carbons (Fsp3) is 0.444. The largest absolute Gasteiger partial charge is 0.467 e. The van der Waals surface area contributed by atoms with Crippen LogP contribution in [0.4, 0.5) is 4.79 Å². The van der Waals surface area contributed by atoms with Crippen LogP contribution in [-0.4, -0.2) is 36.9 Å². The van der Waals surface area contributed by atoms with Crippen LogP contribution in [0.3, 0.4) is 0 Å². The molecule has 132 valence electrons. The van der Waals surface area contributed by atoms with Crippen LogP contribution in [0.1, 0.15) is 26.3 Å². The lowest BCUT2D eigenvalue weighted by molar-refractivity contribution is -0.149. The standard InChI is InChI=1S/C18H25NO5/c1-6-18(3,4)24-13(2)15(16(20)22-5)19-17(21)23-12-14-10-8-7-9-11-14/h6-11,13,15H,1,12H2,2-5H3,(H,19,21)/t13-,15+/m1/s1. The summed E-state index contributed by atoms with van der Waals surface area (Å²) in [6.07, 6.45) is 0.266. The lowest BCUT2D eigenvalue weighted by Gasteiger charge is -2.30. The minimum atomic E-state index is -0.988. The third kappa shape index (κ3) is 6.42. The van der Waals surface area contributed by atoms with Gasteiger partial charge in [0.05, 0.1) is 18.8 Å². The van der Waals surface area contributed by atoms with Gasteiger partial charge < -0.3 is 19.5 Å². The molecule has 0 heterocycles. The second kappa shape index (κ2) is 9.08. The van der Waals surface area contributed by atoms with E-state index in [1.165, 1.54) is 7.11 Å². The molecule has 1 N–H and O–H groups in total. The topological polar surface area (TPSA) is 73.9 Å². The van der Waals surface area contributed by atoms with Crippen molar-refractivity contribution in [2.75, 3.05) is 7.11 Å². The number of carbonyl (C=O) groups excluding carboxylic acids is 2. The molecule has 2 atom stereocenters. The van der Waals surface area contributed by atoms with E-state index in [0.29, 0.717) is 0 Å². The second-order valence-corrected chi connectivity index (χ2v) is 5.84. The average molecular weight is 335 g/mol. The van der Waals surface area contributed by atoms with Gasteiger partial charge in [0.15, 0.2) is 6.04 Å². The van der Waals surface area contributed by atoms with Crippen LogP contribution in [0.25, 0.3) is 0 Å². The lowest BCUT2D eigenvalue weighted by atomic mass is 10.1. The first kappa shape index (κ1) is 19.7. The molecule has 0 aliphatic rings. The van der Waals surface area contributed by atoms with E-state index in [4.69, 9.17) is 14.2 Å². The van der Waals surface area contributed by atoms with Gasteiger partial charge in [0.25, 0.3) is 0 Å². The summed E-state index contributed by atoms with van der Waals surface area (Å²) in [4.78, 5) is 23.9. The van der Waals surface area contributed by atoms with Crippen molar-refractivity contribution in [3.8, 4) is 0 Å². The number of methoxy groups -OCH3 is 1. The minimum absolute atomic E-state index is 0.105. The highest BCUT2D eigenvalue weighted by Gasteiger charge is 2.32. The molecule has 0 bridgehead atoms. The van der Waals surface area contributed by atoms with E-state index in [-0.39, 0.29) is 6.61 Å². The van der Waals surface area contributed by atoms with Crippen LogP contribution in [0.2, 0.25) is 0 Å². The van der Waals surface area contributed by atoms with E-state index in [0.717, 1.165) is 5.56 Å². The van der Waals surface area contributed by atoms with E-state index >= 15 is 0 Å². The number of esters is 1. The van der Waals surface area contributed by atoms with Crippen LogP contribution >= 0.6 is 0 Å². The van der Waals surface area contributed by atoms with Crippen molar-refractivity contribution in [1.82, 2.24) is 5.32 Å². The third-order valence-electron chi connectivity index (χ3n) is 3.39. The molecule has 1 rings (SSSR count). The van der Waals surface area contributed by atoms with Crippen molar-refractivity contribution in [2.45, 2.75) is 45.1 Å². The predicted molar refractivity (Wildman–Crippen MR) is 90.4 cm³/mol. The van der Waals surface area contributed by atoms with Crippen molar-refractivity contribution < 1.29 is 23.8 Å². The van der Waals surface area contributed by atoms with Gasteiger partial charge in [-0.25, -0.2) is 9.59 Å². The average Bonchev–Trinajstić information content (AvgIpc) is 2.57. The summed E-state index contributed by atoms with van der Waals surface area (Å²) in [5.74, 6) is -0.612. The first-order valence-corrected chi connectivity index (χ1v) is 7.65. The Labute approximate surface area is 142 Å². The Morgan fingerprint density at radius 3 is 2.46 bits per heavy atom. The van der Waals surface area contributed by atoms with Crippen LogP contribution in [0.5, 0.6) is 0 Å². The van der Waals surface area contributed by atoms with Crippen molar-refractivity contribution in [3.05, 3.63) is 48.6 Å². The number of benzene rings is 1. The molecule has 1 aromatic carbocycles. The van der Waals surface area contributed by atoms with Gasteiger partial charge in [-0.2, -0.15) is 0 Å². The van der Waals surface area contributed by atoms with Crippen LogP contribution in [-0.2, 0) is 25.6 Å². The monoisotopic (exact) mass is 335 g/mol. The van der Waals surface area contributed by atoms with E-state index in [9.17, 15) is 9.59 Å². The molecule has 0 radical (unpaired) electrons. The molecule has 0 saturated carbocycles. The minimum Gasteiger partial charge on any atom is -0.467 e. The van der Waals surface area contributed by atoms with Gasteiger partial charge >= 0.3 is 12.1 Å². The number of rotatable bonds is 8. The normalized spacial score (nSPS) is 13.5. The first-order chi connectivity index (χ1) is 11.3. The maximum Gasteiger partial charge on any atom is 0.408 e. The van der Waals surface area contributed by atoms with Gasteiger partial charge in [0.2, 0.25) is 0 Å². The zero-order valence-electron chi connectivity index (χ0n) is 14.6. The zero-order valence-corrected chi connectivity index (χ0v) is 14.6. The Bertz CT molecular complexity index is 556. The molecule has 0 aliphatic carbocycles. The van der Waals surface area contributed by atoms with Gasteiger partial charge in [-0.15, -0.1) is 6.58 Å². The molecule has 0 unspecified atom stereocenters. The predicted octanol–water partition coefficient (Wildman–Crippen LogP) is 2.82. The number of hydrogen-bond acceptors (Lipinski definition) is 5. The number of nitrogens with one attached hydrogen (secondary N) is 1. The van der Waals surface area contributed by atoms with Crippen molar-refractivity contribution in [2.24, 2.45) is 0 Å². The Balaban J connectivity index is 2.66. The number of amides is 1. The van der Waals surface area contributed by atoms with Crippen molar-refractivity contribution >= 4 is 12.1 Å². The molecule has 24 heavy (non-hydrogen) atoms. The Hall–Kier alpha value is -2.34. The van der Waals surface area contributed by atoms with E-state index in [2.05, 4.69) is 11.9 Å². The second-order valence-electron chi connectivity index (χ2n) is 5.84. The summed E-state index contributed by atoms with van der Waals surface area (Å²) >= 11 is 0. The summed E-state index contributed by atoms with van der Waals surface area (Å²) in [7, 11) is 1.25. The molecule has 6 nitrogen and oxygen atoms in total. The summed E-state index contributed by atoms with van der Waals surface area (Å²) in [5, 5.41) is 2.49. The van der Waals surface area contributed by atoms with Crippen LogP contribution < -0.4 is 5.32 Å². The summed E-state index contributed by atoms with van der Waals surface area (Å²) in [6, 6.07) is 8.25. The van der Waals surface area contributed by atoms with Gasteiger partial charge in [0.1, 0.15) is 6.61 Å². The molecular weight excluding hydrogens is 310 g/mol. The van der Waals surface area contributed by atoms with Crippen LogP contribution in [0.15, 0.2) is 43.0 Å². The van der Waals surface area contributed by atoms with E-state index in [1.807, 2.05) is 30.3 Å². The Morgan fingerprint density at radius 2 is 1.92 bits per heavy atom. The fourth-order valence-corrected chi connectivity index (χ4v) is 1.98. The quantitative estimate of drug-likeness (QED) is 0.584. The first-order valence-electron chi connectivity index (χ1n) is 7.65. The fourth-order valence-electron chi connectivity index (χ4n) is 1.98. The third-order valence-corrected chi connectivity index (χ3v) is 3.39. The highest BCUT2D eigenvalue weighted by molar-refractivity contribution is 5.81. The number of alkyl carbamates (subject to hydrolysis) is 1. The molecule has 0 aliphatic heterocycles. The van der Waals surface area contributed by atoms with E-state index < -0.39 is 29.8 Å². The molecule has 1 amide bonds. The number of ether oxygens (including phenoxy) is 3. The number of carbonyl (C=O) groups is 2. The zero-order chi connectivity index (χ0) is 18.2. The molecule has 1 aromatic rings. The summed E-state index contributed by atoms with van der Waals surface area (Å²) < 4.78 is 15.6. The number of hydrogen-bond donors (Lipinski definition) is 1. The maximum absolute atomic E-state index is 12.0. The highest BCUT2D eigenvalue weighted by Crippen LogP contribution is 2.16. The van der Waals surface area contributed by atoms with Gasteiger partial charge in [-0.3, -0.25) is 0 Å². The molecular formula is C18H25NO5. The Kier molecular flexibility index (Phi) is 7.45. The lowest BCUT2D eigenvalue weighted by Crippen LogP contribution is -2.51. The van der Waals surface area contributed by atoms with Crippen molar-refractivity contribution in [3.63, 3.8) is 0 Å².